The van der Waals surface area contributed by atoms with Crippen LogP contribution in [0.15, 0.2) is 24.3 Å². The Bertz CT molecular complexity index is 567. The number of fused-ring (bicyclic) bond motifs is 1. The van der Waals surface area contributed by atoms with Crippen LogP contribution in [0.2, 0.25) is 0 Å². The van der Waals surface area contributed by atoms with Gasteiger partial charge in [0, 0.05) is 19.0 Å². The molecule has 3 heteroatoms. The van der Waals surface area contributed by atoms with Crippen LogP contribution in [0, 0.1) is 5.92 Å². The van der Waals surface area contributed by atoms with Crippen molar-refractivity contribution in [1.29, 1.82) is 0 Å². The predicted octanol–water partition coefficient (Wildman–Crippen LogP) is 3.68. The molecule has 0 bridgehead atoms. The first-order valence-corrected chi connectivity index (χ1v) is 8.00. The molecule has 0 amide bonds. The van der Waals surface area contributed by atoms with Gasteiger partial charge in [-0.15, -0.1) is 0 Å². The average molecular weight is 271 g/mol. The maximum Gasteiger partial charge on any atom is 0.114 e. The second-order valence-electron chi connectivity index (χ2n) is 5.94. The Morgan fingerprint density at radius 1 is 1.25 bits per heavy atom. The van der Waals surface area contributed by atoms with Gasteiger partial charge in [0.05, 0.1) is 11.0 Å². The van der Waals surface area contributed by atoms with E-state index in [2.05, 4.69) is 35.8 Å². The summed E-state index contributed by atoms with van der Waals surface area (Å²) >= 11 is 0. The van der Waals surface area contributed by atoms with Gasteiger partial charge in [0.2, 0.25) is 0 Å². The smallest absolute Gasteiger partial charge is 0.114 e. The number of nitrogens with two attached hydrogens (primary N) is 1. The molecule has 1 fully saturated rings. The van der Waals surface area contributed by atoms with Gasteiger partial charge in [-0.3, -0.25) is 0 Å². The van der Waals surface area contributed by atoms with Crippen LogP contribution >= 0.6 is 0 Å². The van der Waals surface area contributed by atoms with Crippen LogP contribution in [0.5, 0.6) is 0 Å². The van der Waals surface area contributed by atoms with Crippen LogP contribution < -0.4 is 5.73 Å². The highest BCUT2D eigenvalue weighted by molar-refractivity contribution is 5.76. The van der Waals surface area contributed by atoms with Gasteiger partial charge >= 0.3 is 0 Å². The van der Waals surface area contributed by atoms with E-state index in [1.165, 1.54) is 43.4 Å². The maximum absolute atomic E-state index is 6.13. The van der Waals surface area contributed by atoms with E-state index in [1.807, 2.05) is 0 Å². The lowest BCUT2D eigenvalue weighted by molar-refractivity contribution is 0.296. The summed E-state index contributed by atoms with van der Waals surface area (Å²) < 4.78 is 2.36. The predicted molar refractivity (Wildman–Crippen MR) is 83.8 cm³/mol. The minimum absolute atomic E-state index is 0.419. The first-order chi connectivity index (χ1) is 9.85. The molecule has 20 heavy (non-hydrogen) atoms. The Labute approximate surface area is 121 Å². The quantitative estimate of drug-likeness (QED) is 0.922. The molecule has 108 valence electrons. The summed E-state index contributed by atoms with van der Waals surface area (Å²) in [4.78, 5) is 4.91. The molecule has 2 N–H and O–H groups in total. The monoisotopic (exact) mass is 271 g/mol. The summed E-state index contributed by atoms with van der Waals surface area (Å²) in [6.07, 6.45) is 6.72. The Kier molecular flexibility index (Phi) is 4.06. The van der Waals surface area contributed by atoms with E-state index in [1.54, 1.807) is 0 Å². The molecule has 2 aromatic rings. The highest BCUT2D eigenvalue weighted by Crippen LogP contribution is 2.36. The summed E-state index contributed by atoms with van der Waals surface area (Å²) in [6.45, 7) is 3.89. The van der Waals surface area contributed by atoms with Crippen molar-refractivity contribution in [3.05, 3.63) is 30.1 Å². The molecule has 3 rings (SSSR count). The van der Waals surface area contributed by atoms with Gasteiger partial charge < -0.3 is 10.3 Å². The first kappa shape index (κ1) is 13.6. The molecule has 1 aromatic heterocycles. The molecule has 1 heterocycles. The molecule has 1 aliphatic rings. The summed E-state index contributed by atoms with van der Waals surface area (Å²) in [5.41, 5.74) is 8.49. The topological polar surface area (TPSA) is 43.8 Å². The number of rotatable bonds is 4. The van der Waals surface area contributed by atoms with Crippen molar-refractivity contribution in [2.24, 2.45) is 11.7 Å². The number of hydrogen-bond donors (Lipinski definition) is 1. The number of para-hydroxylation sites is 2. The summed E-state index contributed by atoms with van der Waals surface area (Å²) in [5.74, 6) is 2.35. The van der Waals surface area contributed by atoms with Crippen molar-refractivity contribution in [1.82, 2.24) is 9.55 Å². The molecule has 1 aromatic carbocycles. The van der Waals surface area contributed by atoms with Crippen LogP contribution in [0.25, 0.3) is 11.0 Å². The van der Waals surface area contributed by atoms with Gasteiger partial charge in [-0.25, -0.2) is 4.98 Å². The van der Waals surface area contributed by atoms with E-state index in [-0.39, 0.29) is 0 Å². The van der Waals surface area contributed by atoms with Crippen LogP contribution in [-0.4, -0.2) is 16.1 Å². The van der Waals surface area contributed by atoms with Gasteiger partial charge in [-0.05, 0) is 37.8 Å². The molecule has 0 saturated heterocycles. The van der Waals surface area contributed by atoms with Crippen LogP contribution in [0.3, 0.4) is 0 Å². The number of hydrogen-bond acceptors (Lipinski definition) is 2. The fraction of sp³-hybridized carbons (Fsp3) is 0.588. The third-order valence-electron chi connectivity index (χ3n) is 4.80. The van der Waals surface area contributed by atoms with Crippen molar-refractivity contribution < 1.29 is 0 Å². The SMILES string of the molecule is CCn1c(C(CN)C2CCCCC2)nc2ccccc21. The van der Waals surface area contributed by atoms with E-state index in [0.717, 1.165) is 18.0 Å². The number of benzene rings is 1. The minimum atomic E-state index is 0.419. The van der Waals surface area contributed by atoms with Gasteiger partial charge in [-0.1, -0.05) is 31.4 Å². The minimum Gasteiger partial charge on any atom is -0.330 e. The second-order valence-corrected chi connectivity index (χ2v) is 5.94. The molecule has 1 saturated carbocycles. The Hall–Kier alpha value is -1.35. The fourth-order valence-electron chi connectivity index (χ4n) is 3.75. The molecule has 1 unspecified atom stereocenters. The molecule has 1 atom stereocenters. The average Bonchev–Trinajstić information content (AvgIpc) is 2.87. The number of imidazole rings is 1. The van der Waals surface area contributed by atoms with Crippen molar-refractivity contribution in [2.75, 3.05) is 6.54 Å². The Morgan fingerprint density at radius 3 is 2.70 bits per heavy atom. The zero-order valence-corrected chi connectivity index (χ0v) is 12.4. The van der Waals surface area contributed by atoms with E-state index in [4.69, 9.17) is 10.7 Å². The lowest BCUT2D eigenvalue weighted by Gasteiger charge is -2.29. The zero-order chi connectivity index (χ0) is 13.9. The lowest BCUT2D eigenvalue weighted by atomic mass is 9.79. The lowest BCUT2D eigenvalue weighted by Crippen LogP contribution is -2.26. The molecule has 3 nitrogen and oxygen atoms in total. The van der Waals surface area contributed by atoms with Crippen LogP contribution in [0.1, 0.15) is 50.8 Å². The zero-order valence-electron chi connectivity index (χ0n) is 12.4. The largest absolute Gasteiger partial charge is 0.330 e. The maximum atomic E-state index is 6.13. The van der Waals surface area contributed by atoms with Crippen molar-refractivity contribution in [3.8, 4) is 0 Å². The normalized spacial score (nSPS) is 18.5. The molecular formula is C17H25N3. The molecule has 0 aliphatic heterocycles. The standard InChI is InChI=1S/C17H25N3/c1-2-20-16-11-7-6-10-15(16)19-17(20)14(12-18)13-8-4-3-5-9-13/h6-7,10-11,13-14H,2-5,8-9,12,18H2,1H3. The van der Waals surface area contributed by atoms with Gasteiger partial charge in [-0.2, -0.15) is 0 Å². The molecule has 1 aliphatic carbocycles. The third kappa shape index (κ3) is 2.35. The number of nitrogens with zero attached hydrogens (tertiary/aromatic N) is 2. The number of aromatic nitrogens is 2. The van der Waals surface area contributed by atoms with Crippen molar-refractivity contribution in [2.45, 2.75) is 51.5 Å². The highest BCUT2D eigenvalue weighted by atomic mass is 15.1. The van der Waals surface area contributed by atoms with E-state index < -0.39 is 0 Å². The Balaban J connectivity index is 2.01. The number of aryl methyl sites for hydroxylation is 1. The van der Waals surface area contributed by atoms with Gasteiger partial charge in [0.25, 0.3) is 0 Å². The fourth-order valence-corrected chi connectivity index (χ4v) is 3.75. The highest BCUT2D eigenvalue weighted by Gasteiger charge is 2.28. The molecule has 0 radical (unpaired) electrons. The summed E-state index contributed by atoms with van der Waals surface area (Å²) in [5, 5.41) is 0. The molecule has 0 spiro atoms. The third-order valence-corrected chi connectivity index (χ3v) is 4.80. The van der Waals surface area contributed by atoms with E-state index >= 15 is 0 Å². The summed E-state index contributed by atoms with van der Waals surface area (Å²) in [6, 6.07) is 8.44. The van der Waals surface area contributed by atoms with Crippen molar-refractivity contribution in [3.63, 3.8) is 0 Å². The first-order valence-electron chi connectivity index (χ1n) is 8.00. The second kappa shape index (κ2) is 5.96. The van der Waals surface area contributed by atoms with Crippen LogP contribution in [0.4, 0.5) is 0 Å². The summed E-state index contributed by atoms with van der Waals surface area (Å²) in [7, 11) is 0. The molecular weight excluding hydrogens is 246 g/mol. The van der Waals surface area contributed by atoms with Gasteiger partial charge in [0.15, 0.2) is 0 Å². The van der Waals surface area contributed by atoms with Crippen molar-refractivity contribution >= 4 is 11.0 Å². The van der Waals surface area contributed by atoms with Crippen LogP contribution in [-0.2, 0) is 6.54 Å². The Morgan fingerprint density at radius 2 is 2.00 bits per heavy atom. The van der Waals surface area contributed by atoms with E-state index in [0.29, 0.717) is 12.5 Å². The van der Waals surface area contributed by atoms with E-state index in [9.17, 15) is 0 Å². The van der Waals surface area contributed by atoms with Gasteiger partial charge in [0.1, 0.15) is 5.82 Å².